The minimum atomic E-state index is -1.52. The number of nitrogens with one attached hydrogen (secondary N) is 1. The van der Waals surface area contributed by atoms with Crippen molar-refractivity contribution in [2.24, 2.45) is 0 Å². The maximum Gasteiger partial charge on any atom is 0.238 e. The first-order chi connectivity index (χ1) is 7.88. The predicted molar refractivity (Wildman–Crippen MR) is 57.2 cm³/mol. The summed E-state index contributed by atoms with van der Waals surface area (Å²) in [4.78, 5) is 11.3. The maximum absolute atomic E-state index is 11.3. The molecule has 6 atom stereocenters. The van der Waals surface area contributed by atoms with Crippen LogP contribution < -0.4 is 5.32 Å². The average molecular weight is 270 g/mol. The van der Waals surface area contributed by atoms with Crippen molar-refractivity contribution in [3.63, 3.8) is 0 Å². The molecule has 0 saturated carbocycles. The third-order valence-corrected chi connectivity index (χ3v) is 2.77. The molecule has 1 amide bonds. The fourth-order valence-electron chi connectivity index (χ4n) is 1.53. The van der Waals surface area contributed by atoms with E-state index >= 15 is 0 Å². The Morgan fingerprint density at radius 2 is 2.00 bits per heavy atom. The highest BCUT2D eigenvalue weighted by molar-refractivity contribution is 6.30. The number of ether oxygens (including phenoxy) is 1. The van der Waals surface area contributed by atoms with Crippen molar-refractivity contribution < 1.29 is 30.0 Å². The molecule has 4 unspecified atom stereocenters. The third-order valence-electron chi connectivity index (χ3n) is 2.57. The van der Waals surface area contributed by atoms with Crippen LogP contribution in [0.15, 0.2) is 0 Å². The van der Waals surface area contributed by atoms with Crippen molar-refractivity contribution in [2.45, 2.75) is 42.9 Å². The Labute approximate surface area is 103 Å². The third kappa shape index (κ3) is 3.27. The summed E-state index contributed by atoms with van der Waals surface area (Å²) in [6.07, 6.45) is -5.47. The van der Waals surface area contributed by atoms with Crippen LogP contribution in [-0.2, 0) is 9.53 Å². The molecule has 0 aromatic heterocycles. The van der Waals surface area contributed by atoms with Crippen LogP contribution in [0.4, 0.5) is 0 Å². The Morgan fingerprint density at radius 1 is 1.41 bits per heavy atom. The van der Waals surface area contributed by atoms with Gasteiger partial charge in [0.2, 0.25) is 5.91 Å². The van der Waals surface area contributed by atoms with E-state index in [-0.39, 0.29) is 0 Å². The Kier molecular flexibility index (Phi) is 5.11. The van der Waals surface area contributed by atoms with Crippen LogP contribution in [0.5, 0.6) is 0 Å². The minimum absolute atomic E-state index is 0.554. The molecule has 1 fully saturated rings. The smallest absolute Gasteiger partial charge is 0.238 e. The van der Waals surface area contributed by atoms with Gasteiger partial charge in [0.05, 0.1) is 6.61 Å². The second-order valence-electron chi connectivity index (χ2n) is 3.88. The quantitative estimate of drug-likeness (QED) is 0.362. The standard InChI is InChI=1S/C9H16ClNO6/c1-3(10)8(15)11-5-7(14)6(13)4(2-12)17-9(5)16/h3-7,9,12-14,16H,2H2,1H3,(H,11,15)/t3?,4-,5?,6?,7-,9?/m1/s1. The van der Waals surface area contributed by atoms with Gasteiger partial charge in [0, 0.05) is 0 Å². The maximum atomic E-state index is 11.3. The van der Waals surface area contributed by atoms with E-state index in [1.165, 1.54) is 6.92 Å². The molecule has 7 nitrogen and oxygen atoms in total. The lowest BCUT2D eigenvalue weighted by molar-refractivity contribution is -0.253. The molecule has 5 N–H and O–H groups in total. The summed E-state index contributed by atoms with van der Waals surface area (Å²) in [5.41, 5.74) is 0. The Bertz CT molecular complexity index is 276. The summed E-state index contributed by atoms with van der Waals surface area (Å²) >= 11 is 5.52. The van der Waals surface area contributed by atoms with E-state index in [0.717, 1.165) is 0 Å². The normalized spacial score (nSPS) is 39.8. The van der Waals surface area contributed by atoms with E-state index < -0.39 is 48.5 Å². The first kappa shape index (κ1) is 14.6. The van der Waals surface area contributed by atoms with Gasteiger partial charge in [0.25, 0.3) is 0 Å². The molecule has 0 aromatic rings. The Hall–Kier alpha value is -0.440. The molecule has 8 heteroatoms. The summed E-state index contributed by atoms with van der Waals surface area (Å²) in [5.74, 6) is -0.604. The molecular formula is C9H16ClNO6. The van der Waals surface area contributed by atoms with Crippen molar-refractivity contribution in [3.05, 3.63) is 0 Å². The zero-order chi connectivity index (χ0) is 13.2. The van der Waals surface area contributed by atoms with Gasteiger partial charge in [-0.3, -0.25) is 4.79 Å². The number of amides is 1. The second kappa shape index (κ2) is 5.94. The van der Waals surface area contributed by atoms with Gasteiger partial charge >= 0.3 is 0 Å². The number of aliphatic hydroxyl groups excluding tert-OH is 4. The van der Waals surface area contributed by atoms with Crippen LogP contribution in [0.2, 0.25) is 0 Å². The lowest BCUT2D eigenvalue weighted by Gasteiger charge is -2.40. The van der Waals surface area contributed by atoms with Gasteiger partial charge in [0.15, 0.2) is 6.29 Å². The number of alkyl halides is 1. The Morgan fingerprint density at radius 3 is 2.47 bits per heavy atom. The average Bonchev–Trinajstić information content (AvgIpc) is 2.28. The molecule has 1 saturated heterocycles. The van der Waals surface area contributed by atoms with Gasteiger partial charge in [-0.2, -0.15) is 0 Å². The molecule has 1 aliphatic heterocycles. The van der Waals surface area contributed by atoms with Crippen LogP contribution >= 0.6 is 11.6 Å². The summed E-state index contributed by atoms with van der Waals surface area (Å²) in [7, 11) is 0. The molecule has 0 aromatic carbocycles. The number of halogens is 1. The highest BCUT2D eigenvalue weighted by atomic mass is 35.5. The van der Waals surface area contributed by atoms with Crippen molar-refractivity contribution >= 4 is 17.5 Å². The zero-order valence-corrected chi connectivity index (χ0v) is 9.91. The van der Waals surface area contributed by atoms with Gasteiger partial charge in [-0.15, -0.1) is 11.6 Å². The highest BCUT2D eigenvalue weighted by Gasteiger charge is 2.44. The van der Waals surface area contributed by atoms with E-state index in [1.54, 1.807) is 0 Å². The SMILES string of the molecule is CC(Cl)C(=O)NC1C(O)O[C@H](CO)C(O)[C@@H]1O. The summed E-state index contributed by atoms with van der Waals surface area (Å²) in [6.45, 7) is 0.869. The zero-order valence-electron chi connectivity index (χ0n) is 9.15. The van der Waals surface area contributed by atoms with Crippen LogP contribution in [0, 0.1) is 0 Å². The topological polar surface area (TPSA) is 119 Å². The molecule has 0 radical (unpaired) electrons. The van der Waals surface area contributed by atoms with Crippen LogP contribution in [0.1, 0.15) is 6.92 Å². The molecule has 100 valence electrons. The molecule has 0 spiro atoms. The largest absolute Gasteiger partial charge is 0.394 e. The molecular weight excluding hydrogens is 254 g/mol. The van der Waals surface area contributed by atoms with E-state index in [1.807, 2.05) is 0 Å². The number of hydrogen-bond acceptors (Lipinski definition) is 6. The van der Waals surface area contributed by atoms with E-state index in [2.05, 4.69) is 5.32 Å². The summed E-state index contributed by atoms with van der Waals surface area (Å²) < 4.78 is 4.85. The van der Waals surface area contributed by atoms with Gasteiger partial charge in [-0.25, -0.2) is 0 Å². The molecule has 17 heavy (non-hydrogen) atoms. The number of carbonyl (C=O) groups is 1. The first-order valence-electron chi connectivity index (χ1n) is 5.13. The van der Waals surface area contributed by atoms with Gasteiger partial charge in [0.1, 0.15) is 29.7 Å². The fourth-order valence-corrected chi connectivity index (χ4v) is 1.60. The molecule has 0 aliphatic carbocycles. The van der Waals surface area contributed by atoms with E-state index in [0.29, 0.717) is 0 Å². The Balaban J connectivity index is 2.69. The lowest BCUT2D eigenvalue weighted by Crippen LogP contribution is -2.64. The highest BCUT2D eigenvalue weighted by Crippen LogP contribution is 2.19. The number of aliphatic hydroxyl groups is 4. The van der Waals surface area contributed by atoms with Crippen molar-refractivity contribution in [3.8, 4) is 0 Å². The van der Waals surface area contributed by atoms with E-state index in [4.69, 9.17) is 21.4 Å². The first-order valence-corrected chi connectivity index (χ1v) is 5.57. The van der Waals surface area contributed by atoms with Crippen molar-refractivity contribution in [1.82, 2.24) is 5.32 Å². The van der Waals surface area contributed by atoms with Gasteiger partial charge in [-0.05, 0) is 6.92 Å². The van der Waals surface area contributed by atoms with Crippen molar-refractivity contribution in [2.75, 3.05) is 6.61 Å². The molecule has 0 bridgehead atoms. The van der Waals surface area contributed by atoms with Crippen LogP contribution in [0.25, 0.3) is 0 Å². The molecule has 1 rings (SSSR count). The summed E-state index contributed by atoms with van der Waals surface area (Å²) in [5, 5.41) is 39.0. The van der Waals surface area contributed by atoms with Crippen LogP contribution in [-0.4, -0.2) is 69.0 Å². The van der Waals surface area contributed by atoms with Crippen LogP contribution in [0.3, 0.4) is 0 Å². The van der Waals surface area contributed by atoms with E-state index in [9.17, 15) is 20.1 Å². The summed E-state index contributed by atoms with van der Waals surface area (Å²) in [6, 6.07) is -1.19. The predicted octanol–water partition coefficient (Wildman–Crippen LogP) is -2.47. The van der Waals surface area contributed by atoms with Gasteiger partial charge < -0.3 is 30.5 Å². The van der Waals surface area contributed by atoms with Gasteiger partial charge in [-0.1, -0.05) is 0 Å². The minimum Gasteiger partial charge on any atom is -0.394 e. The molecule has 1 aliphatic rings. The lowest BCUT2D eigenvalue weighted by atomic mass is 9.97. The fraction of sp³-hybridized carbons (Fsp3) is 0.889. The monoisotopic (exact) mass is 269 g/mol. The number of rotatable bonds is 3. The second-order valence-corrected chi connectivity index (χ2v) is 4.53. The number of hydrogen-bond donors (Lipinski definition) is 5. The van der Waals surface area contributed by atoms with Crippen molar-refractivity contribution in [1.29, 1.82) is 0 Å². The number of carbonyl (C=O) groups excluding carboxylic acids is 1. The molecule has 1 heterocycles.